The summed E-state index contributed by atoms with van der Waals surface area (Å²) in [7, 11) is 1.50. The van der Waals surface area contributed by atoms with Gasteiger partial charge < -0.3 is 21.7 Å². The molecule has 148 valence electrons. The number of halogens is 3. The van der Waals surface area contributed by atoms with Gasteiger partial charge in [-0.15, -0.1) is 0 Å². The Kier molecular flexibility index (Phi) is 7.64. The van der Waals surface area contributed by atoms with Gasteiger partial charge in [-0.05, 0) is 17.7 Å². The number of likely N-dealkylation sites (N-methyl/N-ethyl adjacent to an activating group) is 1. The van der Waals surface area contributed by atoms with Crippen LogP contribution >= 0.6 is 11.6 Å². The molecule has 0 unspecified atom stereocenters. The lowest BCUT2D eigenvalue weighted by molar-refractivity contribution is -0.119. The van der Waals surface area contributed by atoms with Crippen LogP contribution in [-0.4, -0.2) is 35.7 Å². The molecule has 5 N–H and O–H groups in total. The lowest BCUT2D eigenvalue weighted by Crippen LogP contribution is -2.20. The first-order chi connectivity index (χ1) is 13.4. The number of anilines is 2. The van der Waals surface area contributed by atoms with Crippen molar-refractivity contribution in [3.8, 4) is 0 Å². The van der Waals surface area contributed by atoms with E-state index >= 15 is 0 Å². The number of nitrogens with two attached hydrogens (primary N) is 1. The Labute approximate surface area is 164 Å². The lowest BCUT2D eigenvalue weighted by Gasteiger charge is -2.10. The summed E-state index contributed by atoms with van der Waals surface area (Å²) in [5.41, 5.74) is 6.25. The van der Waals surface area contributed by atoms with Gasteiger partial charge in [-0.3, -0.25) is 9.79 Å². The number of aromatic nitrogens is 2. The molecule has 0 aliphatic heterocycles. The van der Waals surface area contributed by atoms with Crippen molar-refractivity contribution in [2.75, 3.05) is 24.2 Å². The van der Waals surface area contributed by atoms with Gasteiger partial charge in [0.1, 0.15) is 23.2 Å². The fraction of sp³-hybridized carbons (Fsp3) is 0.176. The molecule has 1 heterocycles. The zero-order valence-corrected chi connectivity index (χ0v) is 15.6. The topological polar surface area (TPSA) is 117 Å². The fourth-order valence-electron chi connectivity index (χ4n) is 2.00. The van der Waals surface area contributed by atoms with Crippen LogP contribution in [0, 0.1) is 11.6 Å². The minimum Gasteiger partial charge on any atom is -0.403 e. The van der Waals surface area contributed by atoms with Crippen LogP contribution in [0.5, 0.6) is 0 Å². The summed E-state index contributed by atoms with van der Waals surface area (Å²) in [5.74, 6) is -1.21. The van der Waals surface area contributed by atoms with Gasteiger partial charge >= 0.3 is 0 Å². The maximum Gasteiger partial charge on any atom is 0.241 e. The molecule has 0 atom stereocenters. The molecule has 0 saturated heterocycles. The van der Waals surface area contributed by atoms with Gasteiger partial charge in [-0.25, -0.2) is 13.8 Å². The van der Waals surface area contributed by atoms with Crippen LogP contribution < -0.4 is 21.7 Å². The van der Waals surface area contributed by atoms with Crippen molar-refractivity contribution in [3.05, 3.63) is 58.5 Å². The van der Waals surface area contributed by atoms with Gasteiger partial charge in [0.05, 0.1) is 11.9 Å². The first kappa shape index (κ1) is 21.0. The Balaban J connectivity index is 2.06. The van der Waals surface area contributed by atoms with E-state index in [4.69, 9.17) is 17.3 Å². The first-order valence-electron chi connectivity index (χ1n) is 8.02. The number of hydrogen-bond donors (Lipinski definition) is 4. The summed E-state index contributed by atoms with van der Waals surface area (Å²) in [5, 5.41) is 8.36. The average molecular weight is 410 g/mol. The molecule has 0 spiro atoms. The second-order valence-corrected chi connectivity index (χ2v) is 5.82. The smallest absolute Gasteiger partial charge is 0.241 e. The van der Waals surface area contributed by atoms with E-state index in [0.717, 1.165) is 6.07 Å². The SMILES string of the molecule is CNC(=O)CN=C/C(=C\N)Nc1ncc(Cl)c(NCc2cc(F)cc(F)c2)n1. The van der Waals surface area contributed by atoms with E-state index in [-0.39, 0.29) is 35.8 Å². The van der Waals surface area contributed by atoms with Crippen LogP contribution in [0.4, 0.5) is 20.5 Å². The van der Waals surface area contributed by atoms with Crippen molar-refractivity contribution in [3.63, 3.8) is 0 Å². The first-order valence-corrected chi connectivity index (χ1v) is 8.39. The number of allylic oxidation sites excluding steroid dienone is 1. The van der Waals surface area contributed by atoms with Gasteiger partial charge in [0.2, 0.25) is 11.9 Å². The Morgan fingerprint density at radius 3 is 2.68 bits per heavy atom. The van der Waals surface area contributed by atoms with Crippen molar-refractivity contribution in [2.24, 2.45) is 10.7 Å². The maximum atomic E-state index is 13.3. The zero-order valence-electron chi connectivity index (χ0n) is 14.8. The maximum absolute atomic E-state index is 13.3. The lowest BCUT2D eigenvalue weighted by atomic mass is 10.2. The van der Waals surface area contributed by atoms with Crippen LogP contribution in [0.3, 0.4) is 0 Å². The molecule has 0 aliphatic rings. The Morgan fingerprint density at radius 2 is 2.04 bits per heavy atom. The van der Waals surface area contributed by atoms with E-state index in [1.165, 1.54) is 37.8 Å². The van der Waals surface area contributed by atoms with E-state index in [2.05, 4.69) is 30.9 Å². The monoisotopic (exact) mass is 409 g/mol. The number of rotatable bonds is 8. The minimum absolute atomic E-state index is 0.0615. The summed E-state index contributed by atoms with van der Waals surface area (Å²) in [6.45, 7) is 0.0338. The number of carbonyl (C=O) groups is 1. The summed E-state index contributed by atoms with van der Waals surface area (Å²) >= 11 is 6.06. The molecule has 28 heavy (non-hydrogen) atoms. The van der Waals surface area contributed by atoms with Gasteiger partial charge in [-0.2, -0.15) is 4.98 Å². The van der Waals surface area contributed by atoms with Gasteiger partial charge in [-0.1, -0.05) is 11.6 Å². The predicted molar refractivity (Wildman–Crippen MR) is 104 cm³/mol. The highest BCUT2D eigenvalue weighted by Crippen LogP contribution is 2.21. The standard InChI is InChI=1S/C17H18ClF2N7O/c1-22-15(28)9-23-7-13(5-21)26-17-25-8-14(18)16(27-17)24-6-10-2-11(19)4-12(20)3-10/h2-5,7-8H,6,9,21H2,1H3,(H,22,28)(H2,24,25,26,27)/b13-5+,23-7?. The van der Waals surface area contributed by atoms with Crippen LogP contribution in [0.25, 0.3) is 0 Å². The summed E-state index contributed by atoms with van der Waals surface area (Å²) in [6, 6.07) is 3.18. The molecule has 1 amide bonds. The van der Waals surface area contributed by atoms with Crippen LogP contribution in [0.1, 0.15) is 5.56 Å². The Bertz CT molecular complexity index is 885. The summed E-state index contributed by atoms with van der Waals surface area (Å²) < 4.78 is 26.5. The summed E-state index contributed by atoms with van der Waals surface area (Å²) in [6.07, 6.45) is 3.94. The highest BCUT2D eigenvalue weighted by Gasteiger charge is 2.08. The van der Waals surface area contributed by atoms with E-state index in [1.807, 2.05) is 0 Å². The normalized spacial score (nSPS) is 11.5. The minimum atomic E-state index is -0.679. The van der Waals surface area contributed by atoms with Crippen LogP contribution in [-0.2, 0) is 11.3 Å². The van der Waals surface area contributed by atoms with Crippen molar-refractivity contribution in [1.29, 1.82) is 0 Å². The number of benzene rings is 1. The molecule has 0 aliphatic carbocycles. The fourth-order valence-corrected chi connectivity index (χ4v) is 2.16. The third-order valence-corrected chi connectivity index (χ3v) is 3.58. The van der Waals surface area contributed by atoms with Gasteiger partial charge in [0, 0.05) is 32.1 Å². The molecule has 1 aromatic heterocycles. The number of nitrogens with zero attached hydrogens (tertiary/aromatic N) is 3. The average Bonchev–Trinajstić information content (AvgIpc) is 2.66. The number of amides is 1. The predicted octanol–water partition coefficient (Wildman–Crippen LogP) is 2.05. The molecule has 0 saturated carbocycles. The van der Waals surface area contributed by atoms with Crippen LogP contribution in [0.15, 0.2) is 41.3 Å². The van der Waals surface area contributed by atoms with E-state index < -0.39 is 11.6 Å². The molecule has 2 aromatic rings. The van der Waals surface area contributed by atoms with E-state index in [1.54, 1.807) is 0 Å². The second kappa shape index (κ2) is 10.2. The van der Waals surface area contributed by atoms with Crippen molar-refractivity contribution >= 4 is 35.5 Å². The molecule has 0 fully saturated rings. The third-order valence-electron chi connectivity index (χ3n) is 3.31. The highest BCUT2D eigenvalue weighted by molar-refractivity contribution is 6.32. The Hall–Kier alpha value is -3.27. The summed E-state index contributed by atoms with van der Waals surface area (Å²) in [4.78, 5) is 23.3. The highest BCUT2D eigenvalue weighted by atomic mass is 35.5. The van der Waals surface area contributed by atoms with Crippen molar-refractivity contribution in [2.45, 2.75) is 6.54 Å². The molecule has 0 bridgehead atoms. The molecule has 0 radical (unpaired) electrons. The second-order valence-electron chi connectivity index (χ2n) is 5.41. The number of carbonyl (C=O) groups excluding carboxylic acids is 1. The van der Waals surface area contributed by atoms with Crippen LogP contribution in [0.2, 0.25) is 5.02 Å². The zero-order chi connectivity index (χ0) is 20.5. The van der Waals surface area contributed by atoms with Gasteiger partial charge in [0.25, 0.3) is 0 Å². The molecule has 8 nitrogen and oxygen atoms in total. The van der Waals surface area contributed by atoms with Gasteiger partial charge in [0.15, 0.2) is 5.82 Å². The molecule has 1 aromatic carbocycles. The largest absolute Gasteiger partial charge is 0.403 e. The third kappa shape index (κ3) is 6.47. The van der Waals surface area contributed by atoms with E-state index in [9.17, 15) is 13.6 Å². The number of aliphatic imine (C=N–C) groups is 1. The van der Waals surface area contributed by atoms with E-state index in [0.29, 0.717) is 11.3 Å². The van der Waals surface area contributed by atoms with Crippen molar-refractivity contribution in [1.82, 2.24) is 15.3 Å². The molecule has 2 rings (SSSR count). The number of hydrogen-bond acceptors (Lipinski definition) is 7. The quantitative estimate of drug-likeness (QED) is 0.496. The molecule has 11 heteroatoms. The Morgan fingerprint density at radius 1 is 1.32 bits per heavy atom. The van der Waals surface area contributed by atoms with Crippen molar-refractivity contribution < 1.29 is 13.6 Å². The number of nitrogens with one attached hydrogen (secondary N) is 3. The molecular weight excluding hydrogens is 392 g/mol. The molecular formula is C17H18ClF2N7O.